The van der Waals surface area contributed by atoms with Crippen molar-refractivity contribution >= 4 is 34.1 Å². The van der Waals surface area contributed by atoms with Gasteiger partial charge in [0.15, 0.2) is 0 Å². The van der Waals surface area contributed by atoms with Gasteiger partial charge >= 0.3 is 0 Å². The van der Waals surface area contributed by atoms with Crippen LogP contribution in [-0.2, 0) is 0 Å². The van der Waals surface area contributed by atoms with Gasteiger partial charge in [0.25, 0.3) is 0 Å². The molecule has 0 radical (unpaired) electrons. The average molecular weight is 254 g/mol. The zero-order valence-corrected chi connectivity index (χ0v) is 10.2. The van der Waals surface area contributed by atoms with Crippen LogP contribution in [0.15, 0.2) is 42.0 Å². The molecule has 0 unspecified atom stereocenters. The van der Waals surface area contributed by atoms with Crippen LogP contribution in [0, 0.1) is 11.3 Å². The van der Waals surface area contributed by atoms with Gasteiger partial charge in [-0.05, 0) is 29.0 Å². The van der Waals surface area contributed by atoms with Crippen LogP contribution in [0.1, 0.15) is 5.56 Å². The Morgan fingerprint density at radius 3 is 2.44 bits per heavy atom. The lowest BCUT2D eigenvalue weighted by Crippen LogP contribution is -2.09. The third kappa shape index (κ3) is 2.31. The number of nitrogens with two attached hydrogens (primary N) is 1. The van der Waals surface area contributed by atoms with Gasteiger partial charge in [-0.2, -0.15) is 5.26 Å². The van der Waals surface area contributed by atoms with Crippen LogP contribution >= 0.6 is 12.2 Å². The number of rotatable bonds is 2. The molecule has 0 aliphatic carbocycles. The Morgan fingerprint density at radius 1 is 1.28 bits per heavy atom. The number of hydrogen-bond donors (Lipinski definition) is 2. The maximum atomic E-state index is 9.90. The zero-order chi connectivity index (χ0) is 13.1. The molecule has 2 aromatic rings. The number of nitriles is 1. The Hall–Kier alpha value is -2.38. The third-order valence-corrected chi connectivity index (χ3v) is 2.80. The minimum absolute atomic E-state index is 0.0186. The molecule has 0 saturated heterocycles. The molecule has 0 aliphatic rings. The summed E-state index contributed by atoms with van der Waals surface area (Å²) in [6, 6.07) is 13.0. The van der Waals surface area contributed by atoms with Gasteiger partial charge in [0, 0.05) is 5.56 Å². The van der Waals surface area contributed by atoms with Gasteiger partial charge < -0.3 is 10.8 Å². The van der Waals surface area contributed by atoms with Gasteiger partial charge in [0.2, 0.25) is 0 Å². The molecule has 0 saturated carbocycles. The van der Waals surface area contributed by atoms with E-state index in [1.54, 1.807) is 12.1 Å². The van der Waals surface area contributed by atoms with E-state index in [2.05, 4.69) is 0 Å². The summed E-state index contributed by atoms with van der Waals surface area (Å²) in [6.07, 6.45) is 1.49. The summed E-state index contributed by atoms with van der Waals surface area (Å²) in [4.78, 5) is 0.0186. The molecule has 4 heteroatoms. The van der Waals surface area contributed by atoms with Crippen molar-refractivity contribution < 1.29 is 5.11 Å². The molecule has 0 aliphatic heterocycles. The molecule has 3 nitrogen and oxygen atoms in total. The van der Waals surface area contributed by atoms with E-state index >= 15 is 0 Å². The molecule has 0 spiro atoms. The van der Waals surface area contributed by atoms with E-state index in [-0.39, 0.29) is 16.3 Å². The number of aromatic hydroxyl groups is 1. The maximum Gasteiger partial charge on any atom is 0.123 e. The van der Waals surface area contributed by atoms with Crippen LogP contribution in [-0.4, -0.2) is 10.1 Å². The fourth-order valence-electron chi connectivity index (χ4n) is 1.68. The van der Waals surface area contributed by atoms with Crippen molar-refractivity contribution in [2.45, 2.75) is 0 Å². The highest BCUT2D eigenvalue weighted by Gasteiger charge is 2.05. The van der Waals surface area contributed by atoms with E-state index in [0.29, 0.717) is 5.56 Å². The third-order valence-electron chi connectivity index (χ3n) is 2.58. The lowest BCUT2D eigenvalue weighted by atomic mass is 10.0. The lowest BCUT2D eigenvalue weighted by Gasteiger charge is -2.04. The first-order valence-corrected chi connectivity index (χ1v) is 5.66. The Labute approximate surface area is 110 Å². The molecule has 0 atom stereocenters. The second-order valence-corrected chi connectivity index (χ2v) is 4.23. The number of phenolic OH excluding ortho intramolecular Hbond substituents is 1. The van der Waals surface area contributed by atoms with Crippen LogP contribution < -0.4 is 5.73 Å². The summed E-state index contributed by atoms with van der Waals surface area (Å²) in [7, 11) is 0. The Bertz CT molecular complexity index is 698. The van der Waals surface area contributed by atoms with Crippen molar-refractivity contribution in [2.24, 2.45) is 5.73 Å². The van der Waals surface area contributed by atoms with E-state index in [4.69, 9.17) is 23.2 Å². The number of phenols is 1. The molecule has 0 bridgehead atoms. The summed E-state index contributed by atoms with van der Waals surface area (Å²) in [5, 5.41) is 20.7. The van der Waals surface area contributed by atoms with Crippen LogP contribution in [0.5, 0.6) is 5.75 Å². The number of nitrogens with zero attached hydrogens (tertiary/aromatic N) is 1. The smallest absolute Gasteiger partial charge is 0.123 e. The molecule has 2 rings (SSSR count). The standard InChI is InChI=1S/C14H10N2OS/c15-8-12(14(16)18)6-11-5-9-3-1-2-4-10(9)7-13(11)17/h1-7,17H,(H2,16,18)/b12-6-. The molecule has 18 heavy (non-hydrogen) atoms. The predicted octanol–water partition coefficient (Wildman–Crippen LogP) is 2.74. The highest BCUT2D eigenvalue weighted by Crippen LogP contribution is 2.26. The molecular weight excluding hydrogens is 244 g/mol. The Kier molecular flexibility index (Phi) is 3.26. The average Bonchev–Trinajstić information content (AvgIpc) is 2.35. The molecule has 2 aromatic carbocycles. The van der Waals surface area contributed by atoms with Gasteiger partial charge in [0.1, 0.15) is 16.8 Å². The first kappa shape index (κ1) is 12.1. The Balaban J connectivity index is 2.62. The lowest BCUT2D eigenvalue weighted by molar-refractivity contribution is 0.475. The summed E-state index contributed by atoms with van der Waals surface area (Å²) < 4.78 is 0. The van der Waals surface area contributed by atoms with Crippen LogP contribution in [0.2, 0.25) is 0 Å². The monoisotopic (exact) mass is 254 g/mol. The van der Waals surface area contributed by atoms with Gasteiger partial charge in [-0.3, -0.25) is 0 Å². The topological polar surface area (TPSA) is 70.0 Å². The van der Waals surface area contributed by atoms with Gasteiger partial charge in [-0.15, -0.1) is 0 Å². The van der Waals surface area contributed by atoms with Crippen molar-refractivity contribution in [3.05, 3.63) is 47.5 Å². The largest absolute Gasteiger partial charge is 0.507 e. The summed E-state index contributed by atoms with van der Waals surface area (Å²) in [5.74, 6) is 0.0951. The number of benzene rings is 2. The first-order chi connectivity index (χ1) is 8.61. The van der Waals surface area contributed by atoms with Gasteiger partial charge in [0.05, 0.1) is 5.57 Å². The number of thiocarbonyl (C=S) groups is 1. The number of fused-ring (bicyclic) bond motifs is 1. The van der Waals surface area contributed by atoms with E-state index < -0.39 is 0 Å². The van der Waals surface area contributed by atoms with Crippen molar-refractivity contribution in [1.29, 1.82) is 5.26 Å². The van der Waals surface area contributed by atoms with Crippen LogP contribution in [0.25, 0.3) is 16.8 Å². The quantitative estimate of drug-likeness (QED) is 0.491. The van der Waals surface area contributed by atoms with E-state index in [9.17, 15) is 5.11 Å². The van der Waals surface area contributed by atoms with Gasteiger partial charge in [-0.25, -0.2) is 0 Å². The zero-order valence-electron chi connectivity index (χ0n) is 9.42. The van der Waals surface area contributed by atoms with E-state index in [0.717, 1.165) is 10.8 Å². The van der Waals surface area contributed by atoms with Gasteiger partial charge in [-0.1, -0.05) is 36.5 Å². The summed E-state index contributed by atoms with van der Waals surface area (Å²) >= 11 is 4.76. The van der Waals surface area contributed by atoms with Crippen molar-refractivity contribution in [3.8, 4) is 11.8 Å². The molecule has 0 fully saturated rings. The second-order valence-electron chi connectivity index (χ2n) is 3.79. The maximum absolute atomic E-state index is 9.90. The predicted molar refractivity (Wildman–Crippen MR) is 76.0 cm³/mol. The molecule has 0 amide bonds. The van der Waals surface area contributed by atoms with Crippen LogP contribution in [0.4, 0.5) is 0 Å². The molecule has 3 N–H and O–H groups in total. The Morgan fingerprint density at radius 2 is 1.89 bits per heavy atom. The minimum Gasteiger partial charge on any atom is -0.507 e. The number of hydrogen-bond acceptors (Lipinski definition) is 3. The van der Waals surface area contributed by atoms with E-state index in [1.807, 2.05) is 30.3 Å². The normalized spacial score (nSPS) is 11.2. The highest BCUT2D eigenvalue weighted by atomic mass is 32.1. The molecule has 88 valence electrons. The van der Waals surface area contributed by atoms with Crippen molar-refractivity contribution in [3.63, 3.8) is 0 Å². The minimum atomic E-state index is 0.0186. The summed E-state index contributed by atoms with van der Waals surface area (Å²) in [6.45, 7) is 0. The highest BCUT2D eigenvalue weighted by molar-refractivity contribution is 7.80. The van der Waals surface area contributed by atoms with Crippen molar-refractivity contribution in [2.75, 3.05) is 0 Å². The second kappa shape index (κ2) is 4.86. The molecule has 0 heterocycles. The molecule has 0 aromatic heterocycles. The summed E-state index contributed by atoms with van der Waals surface area (Å²) in [5.41, 5.74) is 6.12. The van der Waals surface area contributed by atoms with Crippen LogP contribution in [0.3, 0.4) is 0 Å². The fourth-order valence-corrected chi connectivity index (χ4v) is 1.78. The molecular formula is C14H10N2OS. The first-order valence-electron chi connectivity index (χ1n) is 5.25. The fraction of sp³-hybridized carbons (Fsp3) is 0. The van der Waals surface area contributed by atoms with E-state index in [1.165, 1.54) is 6.08 Å². The van der Waals surface area contributed by atoms with Crippen molar-refractivity contribution in [1.82, 2.24) is 0 Å². The SMILES string of the molecule is N#C/C(=C/c1cc2ccccc2cc1O)C(N)=S.